The first-order valence-corrected chi connectivity index (χ1v) is 7.52. The van der Waals surface area contributed by atoms with Crippen LogP contribution < -0.4 is 5.32 Å². The molecule has 1 N–H and O–H groups in total. The summed E-state index contributed by atoms with van der Waals surface area (Å²) in [6.45, 7) is 7.26. The molecule has 1 amide bonds. The molecule has 0 radical (unpaired) electrons. The number of hydrogen-bond acceptors (Lipinski definition) is 3. The molecule has 2 rings (SSSR count). The molecule has 0 aliphatic rings. The van der Waals surface area contributed by atoms with Crippen LogP contribution in [0.1, 0.15) is 34.0 Å². The maximum Gasteiger partial charge on any atom is 0.339 e. The van der Waals surface area contributed by atoms with Crippen LogP contribution in [0.3, 0.4) is 0 Å². The molecule has 23 heavy (non-hydrogen) atoms. The summed E-state index contributed by atoms with van der Waals surface area (Å²) >= 11 is 0. The first kappa shape index (κ1) is 16.7. The Morgan fingerprint density at radius 3 is 2.39 bits per heavy atom. The van der Waals surface area contributed by atoms with E-state index in [2.05, 4.69) is 5.32 Å². The summed E-state index contributed by atoms with van der Waals surface area (Å²) < 4.78 is 5.29. The lowest BCUT2D eigenvalue weighted by atomic mass is 10.1. The molecule has 0 aliphatic heterocycles. The molecule has 4 nitrogen and oxygen atoms in total. The van der Waals surface area contributed by atoms with Crippen LogP contribution >= 0.6 is 0 Å². The van der Waals surface area contributed by atoms with E-state index < -0.39 is 12.1 Å². The van der Waals surface area contributed by atoms with E-state index in [1.807, 2.05) is 51.1 Å². The highest BCUT2D eigenvalue weighted by molar-refractivity contribution is 5.97. The maximum absolute atomic E-state index is 12.2. The molecule has 1 atom stereocenters. The highest BCUT2D eigenvalue weighted by Crippen LogP contribution is 2.14. The Bertz CT molecular complexity index is 737. The monoisotopic (exact) mass is 311 g/mol. The van der Waals surface area contributed by atoms with Gasteiger partial charge in [-0.3, -0.25) is 4.79 Å². The fourth-order valence-electron chi connectivity index (χ4n) is 2.20. The molecule has 2 aromatic carbocycles. The number of benzene rings is 2. The van der Waals surface area contributed by atoms with Crippen molar-refractivity contribution in [3.63, 3.8) is 0 Å². The normalized spacial score (nSPS) is 11.7. The Hall–Kier alpha value is -2.62. The topological polar surface area (TPSA) is 55.4 Å². The molecule has 0 aliphatic carbocycles. The first-order chi connectivity index (χ1) is 10.9. The third-order valence-corrected chi connectivity index (χ3v) is 3.55. The fraction of sp³-hybridized carbons (Fsp3) is 0.263. The summed E-state index contributed by atoms with van der Waals surface area (Å²) in [6, 6.07) is 13.0. The summed E-state index contributed by atoms with van der Waals surface area (Å²) in [5.41, 5.74) is 4.01. The number of hydrogen-bond donors (Lipinski definition) is 1. The van der Waals surface area contributed by atoms with Crippen molar-refractivity contribution in [1.29, 1.82) is 0 Å². The second kappa shape index (κ2) is 7.09. The van der Waals surface area contributed by atoms with E-state index in [9.17, 15) is 9.59 Å². The van der Waals surface area contributed by atoms with Crippen LogP contribution in [0.2, 0.25) is 0 Å². The SMILES string of the molecule is Cc1cccc(NC(=O)[C@@H](C)OC(=O)c2cc(C)ccc2C)c1. The van der Waals surface area contributed by atoms with Gasteiger partial charge in [-0.2, -0.15) is 0 Å². The van der Waals surface area contributed by atoms with Crippen molar-refractivity contribution in [3.8, 4) is 0 Å². The second-order valence-electron chi connectivity index (χ2n) is 5.72. The zero-order valence-corrected chi connectivity index (χ0v) is 13.8. The Morgan fingerprint density at radius 2 is 1.70 bits per heavy atom. The minimum atomic E-state index is -0.872. The molecule has 2 aromatic rings. The van der Waals surface area contributed by atoms with Gasteiger partial charge >= 0.3 is 5.97 Å². The lowest BCUT2D eigenvalue weighted by Crippen LogP contribution is -2.30. The average molecular weight is 311 g/mol. The van der Waals surface area contributed by atoms with E-state index in [-0.39, 0.29) is 5.91 Å². The van der Waals surface area contributed by atoms with Crippen molar-refractivity contribution >= 4 is 17.6 Å². The molecule has 0 saturated carbocycles. The number of nitrogens with one attached hydrogen (secondary N) is 1. The number of carbonyl (C=O) groups excluding carboxylic acids is 2. The average Bonchev–Trinajstić information content (AvgIpc) is 2.49. The van der Waals surface area contributed by atoms with Crippen molar-refractivity contribution in [2.45, 2.75) is 33.8 Å². The quantitative estimate of drug-likeness (QED) is 0.874. The minimum absolute atomic E-state index is 0.353. The Morgan fingerprint density at radius 1 is 1.00 bits per heavy atom. The van der Waals surface area contributed by atoms with Gasteiger partial charge in [0.25, 0.3) is 5.91 Å². The largest absolute Gasteiger partial charge is 0.449 e. The highest BCUT2D eigenvalue weighted by atomic mass is 16.5. The third kappa shape index (κ3) is 4.42. The number of rotatable bonds is 4. The van der Waals surface area contributed by atoms with Crippen LogP contribution in [-0.2, 0) is 9.53 Å². The molecule has 4 heteroatoms. The second-order valence-corrected chi connectivity index (χ2v) is 5.72. The van der Waals surface area contributed by atoms with E-state index in [0.717, 1.165) is 16.7 Å². The summed E-state index contributed by atoms with van der Waals surface area (Å²) in [7, 11) is 0. The zero-order chi connectivity index (χ0) is 17.0. The molecule has 0 spiro atoms. The van der Waals surface area contributed by atoms with E-state index in [1.165, 1.54) is 0 Å². The van der Waals surface area contributed by atoms with Gasteiger partial charge in [0.1, 0.15) is 0 Å². The molecule has 0 heterocycles. The van der Waals surface area contributed by atoms with Crippen molar-refractivity contribution in [2.24, 2.45) is 0 Å². The highest BCUT2D eigenvalue weighted by Gasteiger charge is 2.20. The van der Waals surface area contributed by atoms with Gasteiger partial charge in [-0.1, -0.05) is 29.8 Å². The predicted molar refractivity (Wildman–Crippen MR) is 90.6 cm³/mol. The molecule has 0 bridgehead atoms. The van der Waals surface area contributed by atoms with Gasteiger partial charge in [-0.15, -0.1) is 0 Å². The first-order valence-electron chi connectivity index (χ1n) is 7.52. The number of carbonyl (C=O) groups is 2. The molecule has 0 fully saturated rings. The number of esters is 1. The number of ether oxygens (including phenoxy) is 1. The van der Waals surface area contributed by atoms with E-state index in [4.69, 9.17) is 4.74 Å². The van der Waals surface area contributed by atoms with Gasteiger partial charge in [0, 0.05) is 5.69 Å². The van der Waals surface area contributed by atoms with Crippen LogP contribution in [0, 0.1) is 20.8 Å². The maximum atomic E-state index is 12.2. The molecular weight excluding hydrogens is 290 g/mol. The minimum Gasteiger partial charge on any atom is -0.449 e. The van der Waals surface area contributed by atoms with Gasteiger partial charge in [-0.25, -0.2) is 4.79 Å². The number of anilines is 1. The van der Waals surface area contributed by atoms with Gasteiger partial charge in [0.2, 0.25) is 0 Å². The Kier molecular flexibility index (Phi) is 5.16. The van der Waals surface area contributed by atoms with Crippen molar-refractivity contribution in [2.75, 3.05) is 5.32 Å². The smallest absolute Gasteiger partial charge is 0.339 e. The number of amides is 1. The van der Waals surface area contributed by atoms with Crippen LogP contribution in [0.5, 0.6) is 0 Å². The van der Waals surface area contributed by atoms with Gasteiger partial charge in [0.05, 0.1) is 5.56 Å². The van der Waals surface area contributed by atoms with Gasteiger partial charge < -0.3 is 10.1 Å². The molecule has 120 valence electrons. The van der Waals surface area contributed by atoms with Crippen LogP contribution in [-0.4, -0.2) is 18.0 Å². The molecular formula is C19H21NO3. The fourth-order valence-corrected chi connectivity index (χ4v) is 2.20. The summed E-state index contributed by atoms with van der Waals surface area (Å²) in [6.07, 6.45) is -0.872. The van der Waals surface area contributed by atoms with Crippen LogP contribution in [0.4, 0.5) is 5.69 Å². The zero-order valence-electron chi connectivity index (χ0n) is 13.8. The standard InChI is InChI=1S/C19H21NO3/c1-12-6-5-7-16(10-12)20-18(21)15(4)23-19(22)17-11-13(2)8-9-14(17)3/h5-11,15H,1-4H3,(H,20,21)/t15-/m1/s1. The summed E-state index contributed by atoms with van der Waals surface area (Å²) in [5.74, 6) is -0.840. The van der Waals surface area contributed by atoms with Crippen LogP contribution in [0.15, 0.2) is 42.5 Å². The van der Waals surface area contributed by atoms with Gasteiger partial charge in [-0.05, 0) is 57.0 Å². The summed E-state index contributed by atoms with van der Waals surface area (Å²) in [5, 5.41) is 2.75. The Labute approximate surface area is 136 Å². The van der Waals surface area contributed by atoms with E-state index >= 15 is 0 Å². The van der Waals surface area contributed by atoms with E-state index in [0.29, 0.717) is 11.3 Å². The molecule has 0 saturated heterocycles. The predicted octanol–water partition coefficient (Wildman–Crippen LogP) is 3.80. The van der Waals surface area contributed by atoms with Crippen molar-refractivity contribution in [1.82, 2.24) is 0 Å². The third-order valence-electron chi connectivity index (χ3n) is 3.55. The van der Waals surface area contributed by atoms with Crippen molar-refractivity contribution in [3.05, 3.63) is 64.7 Å². The van der Waals surface area contributed by atoms with Crippen LogP contribution in [0.25, 0.3) is 0 Å². The number of aryl methyl sites for hydroxylation is 3. The molecule has 0 aromatic heterocycles. The molecule has 0 unspecified atom stereocenters. The summed E-state index contributed by atoms with van der Waals surface area (Å²) in [4.78, 5) is 24.4. The van der Waals surface area contributed by atoms with E-state index in [1.54, 1.807) is 19.1 Å². The lowest BCUT2D eigenvalue weighted by Gasteiger charge is -2.15. The lowest BCUT2D eigenvalue weighted by molar-refractivity contribution is -0.123. The Balaban J connectivity index is 2.03. The van der Waals surface area contributed by atoms with Crippen molar-refractivity contribution < 1.29 is 14.3 Å². The van der Waals surface area contributed by atoms with Gasteiger partial charge in [0.15, 0.2) is 6.10 Å².